The number of hydrogen-bond donors (Lipinski definition) is 0. The number of nitrogens with zero attached hydrogens (tertiary/aromatic N) is 1. The van der Waals surface area contributed by atoms with Gasteiger partial charge >= 0.3 is 6.18 Å². The summed E-state index contributed by atoms with van der Waals surface area (Å²) >= 11 is 0. The highest BCUT2D eigenvalue weighted by molar-refractivity contribution is 5.44. The zero-order chi connectivity index (χ0) is 13.6. The van der Waals surface area contributed by atoms with E-state index < -0.39 is 17.3 Å². The van der Waals surface area contributed by atoms with Crippen molar-refractivity contribution >= 4 is 0 Å². The average Bonchev–Trinajstić information content (AvgIpc) is 2.33. The predicted octanol–water partition coefficient (Wildman–Crippen LogP) is 3.92. The predicted molar refractivity (Wildman–Crippen MR) is 61.1 cm³/mol. The molecule has 0 unspecified atom stereocenters. The van der Waals surface area contributed by atoms with Crippen molar-refractivity contribution < 1.29 is 17.9 Å². The van der Waals surface area contributed by atoms with Gasteiger partial charge in [-0.2, -0.15) is 18.4 Å². The van der Waals surface area contributed by atoms with Crippen LogP contribution in [0.2, 0.25) is 0 Å². The number of halogens is 3. The normalized spacial score (nSPS) is 10.8. The van der Waals surface area contributed by atoms with Crippen molar-refractivity contribution in [3.05, 3.63) is 42.0 Å². The number of hydrogen-bond acceptors (Lipinski definition) is 2. The van der Waals surface area contributed by atoms with E-state index in [1.54, 1.807) is 6.08 Å². The Bertz CT molecular complexity index is 460. The summed E-state index contributed by atoms with van der Waals surface area (Å²) in [5.41, 5.74) is -1.37. The molecule has 0 N–H and O–H groups in total. The molecule has 0 saturated heterocycles. The van der Waals surface area contributed by atoms with Gasteiger partial charge in [-0.05, 0) is 31.0 Å². The summed E-state index contributed by atoms with van der Waals surface area (Å²) in [5, 5.41) is 8.62. The van der Waals surface area contributed by atoms with Crippen molar-refractivity contribution in [3.8, 4) is 11.8 Å². The largest absolute Gasteiger partial charge is 0.494 e. The Morgan fingerprint density at radius 3 is 2.67 bits per heavy atom. The molecule has 5 heteroatoms. The van der Waals surface area contributed by atoms with Crippen molar-refractivity contribution in [2.45, 2.75) is 19.0 Å². The van der Waals surface area contributed by atoms with Gasteiger partial charge in [0.2, 0.25) is 0 Å². The molecule has 0 radical (unpaired) electrons. The summed E-state index contributed by atoms with van der Waals surface area (Å²) in [6, 6.07) is 4.85. The Hall–Kier alpha value is -1.96. The first-order valence-electron chi connectivity index (χ1n) is 5.34. The minimum Gasteiger partial charge on any atom is -0.494 e. The van der Waals surface area contributed by atoms with Crippen LogP contribution in [-0.2, 0) is 6.18 Å². The highest BCUT2D eigenvalue weighted by atomic mass is 19.4. The summed E-state index contributed by atoms with van der Waals surface area (Å²) in [7, 11) is 0. The number of ether oxygens (including phenoxy) is 1. The molecule has 0 spiro atoms. The Morgan fingerprint density at radius 1 is 1.39 bits per heavy atom. The molecule has 0 heterocycles. The SMILES string of the molecule is C=CCCCOc1ccc(C#N)c(C(F)(F)F)c1. The summed E-state index contributed by atoms with van der Waals surface area (Å²) in [4.78, 5) is 0. The Balaban J connectivity index is 2.84. The fraction of sp³-hybridized carbons (Fsp3) is 0.308. The van der Waals surface area contributed by atoms with Gasteiger partial charge in [-0.25, -0.2) is 0 Å². The molecule has 0 aliphatic rings. The van der Waals surface area contributed by atoms with E-state index in [1.165, 1.54) is 12.1 Å². The minimum absolute atomic E-state index is 0.116. The second-order valence-corrected chi connectivity index (χ2v) is 3.60. The first-order valence-corrected chi connectivity index (χ1v) is 5.34. The Labute approximate surface area is 103 Å². The van der Waals surface area contributed by atoms with Crippen LogP contribution in [0.5, 0.6) is 5.75 Å². The third-order valence-electron chi connectivity index (χ3n) is 2.24. The minimum atomic E-state index is -4.55. The summed E-state index contributed by atoms with van der Waals surface area (Å²) in [6.07, 6.45) is -1.41. The van der Waals surface area contributed by atoms with Gasteiger partial charge < -0.3 is 4.74 Å². The van der Waals surface area contributed by atoms with Gasteiger partial charge in [0.25, 0.3) is 0 Å². The number of benzene rings is 1. The van der Waals surface area contributed by atoms with Crippen molar-refractivity contribution in [2.24, 2.45) is 0 Å². The Morgan fingerprint density at radius 2 is 2.11 bits per heavy atom. The molecule has 0 bridgehead atoms. The van der Waals surface area contributed by atoms with Crippen LogP contribution in [0.25, 0.3) is 0 Å². The molecule has 0 fully saturated rings. The van der Waals surface area contributed by atoms with Crippen LogP contribution in [0.1, 0.15) is 24.0 Å². The first-order chi connectivity index (χ1) is 8.49. The van der Waals surface area contributed by atoms with Crippen LogP contribution in [0.15, 0.2) is 30.9 Å². The summed E-state index contributed by atoms with van der Waals surface area (Å²) in [5.74, 6) is 0.116. The molecule has 0 aliphatic carbocycles. The highest BCUT2D eigenvalue weighted by Gasteiger charge is 2.34. The molecule has 18 heavy (non-hydrogen) atoms. The van der Waals surface area contributed by atoms with Gasteiger partial charge in [-0.1, -0.05) is 6.08 Å². The molecule has 0 amide bonds. The summed E-state index contributed by atoms with van der Waals surface area (Å²) in [6.45, 7) is 3.85. The maximum Gasteiger partial charge on any atom is 0.417 e. The molecule has 0 atom stereocenters. The number of nitriles is 1. The van der Waals surface area contributed by atoms with Crippen LogP contribution in [0.4, 0.5) is 13.2 Å². The van der Waals surface area contributed by atoms with Crippen LogP contribution >= 0.6 is 0 Å². The second-order valence-electron chi connectivity index (χ2n) is 3.60. The number of unbranched alkanes of at least 4 members (excludes halogenated alkanes) is 1. The molecule has 1 aromatic carbocycles. The molecular formula is C13H12F3NO. The third-order valence-corrected chi connectivity index (χ3v) is 2.24. The number of alkyl halides is 3. The van der Waals surface area contributed by atoms with E-state index in [-0.39, 0.29) is 5.75 Å². The second kappa shape index (κ2) is 6.10. The van der Waals surface area contributed by atoms with E-state index >= 15 is 0 Å². The monoisotopic (exact) mass is 255 g/mol. The Kier molecular flexibility index (Phi) is 4.78. The standard InChI is InChI=1S/C13H12F3NO/c1-2-3-4-7-18-11-6-5-10(9-17)12(8-11)13(14,15)16/h2,5-6,8H,1,3-4,7H2. The lowest BCUT2D eigenvalue weighted by molar-refractivity contribution is -0.137. The number of allylic oxidation sites excluding steroid dienone is 1. The van der Waals surface area contributed by atoms with E-state index in [4.69, 9.17) is 10.00 Å². The third kappa shape index (κ3) is 3.81. The zero-order valence-electron chi connectivity index (χ0n) is 9.63. The van der Waals surface area contributed by atoms with Crippen molar-refractivity contribution in [2.75, 3.05) is 6.61 Å². The lowest BCUT2D eigenvalue weighted by Gasteiger charge is -2.11. The van der Waals surface area contributed by atoms with E-state index in [0.29, 0.717) is 13.0 Å². The lowest BCUT2D eigenvalue weighted by Crippen LogP contribution is -2.08. The van der Waals surface area contributed by atoms with Crippen LogP contribution in [0.3, 0.4) is 0 Å². The van der Waals surface area contributed by atoms with E-state index in [1.807, 2.05) is 0 Å². The first kappa shape index (κ1) is 14.1. The van der Waals surface area contributed by atoms with Gasteiger partial charge in [-0.15, -0.1) is 6.58 Å². The highest BCUT2D eigenvalue weighted by Crippen LogP contribution is 2.34. The average molecular weight is 255 g/mol. The quantitative estimate of drug-likeness (QED) is 0.590. The van der Waals surface area contributed by atoms with Gasteiger partial charge in [0.1, 0.15) is 5.75 Å². The fourth-order valence-corrected chi connectivity index (χ4v) is 1.36. The molecule has 96 valence electrons. The van der Waals surface area contributed by atoms with Crippen LogP contribution in [-0.4, -0.2) is 6.61 Å². The van der Waals surface area contributed by atoms with Crippen molar-refractivity contribution in [3.63, 3.8) is 0 Å². The lowest BCUT2D eigenvalue weighted by atomic mass is 10.1. The van der Waals surface area contributed by atoms with Gasteiger partial charge in [0.15, 0.2) is 0 Å². The molecule has 0 saturated carbocycles. The van der Waals surface area contributed by atoms with E-state index in [0.717, 1.165) is 18.6 Å². The van der Waals surface area contributed by atoms with Crippen LogP contribution in [0, 0.1) is 11.3 Å². The van der Waals surface area contributed by atoms with Gasteiger partial charge in [-0.3, -0.25) is 0 Å². The molecule has 0 aliphatic heterocycles. The fourth-order valence-electron chi connectivity index (χ4n) is 1.36. The molecule has 1 aromatic rings. The van der Waals surface area contributed by atoms with E-state index in [9.17, 15) is 13.2 Å². The number of rotatable bonds is 5. The topological polar surface area (TPSA) is 33.0 Å². The maximum absolute atomic E-state index is 12.6. The van der Waals surface area contributed by atoms with Crippen molar-refractivity contribution in [1.29, 1.82) is 5.26 Å². The van der Waals surface area contributed by atoms with E-state index in [2.05, 4.69) is 6.58 Å². The zero-order valence-corrected chi connectivity index (χ0v) is 9.63. The molecular weight excluding hydrogens is 243 g/mol. The summed E-state index contributed by atoms with van der Waals surface area (Å²) < 4.78 is 43.1. The van der Waals surface area contributed by atoms with Crippen LogP contribution < -0.4 is 4.74 Å². The molecule has 2 nitrogen and oxygen atoms in total. The van der Waals surface area contributed by atoms with Gasteiger partial charge in [0.05, 0.1) is 23.8 Å². The maximum atomic E-state index is 12.6. The van der Waals surface area contributed by atoms with Gasteiger partial charge in [0, 0.05) is 0 Å². The molecule has 0 aromatic heterocycles. The van der Waals surface area contributed by atoms with Crippen molar-refractivity contribution in [1.82, 2.24) is 0 Å². The molecule has 1 rings (SSSR count). The smallest absolute Gasteiger partial charge is 0.417 e.